The van der Waals surface area contributed by atoms with Crippen LogP contribution in [-0.2, 0) is 28.1 Å². The highest BCUT2D eigenvalue weighted by Gasteiger charge is 2.57. The Morgan fingerprint density at radius 3 is 1.09 bits per heavy atom. The van der Waals surface area contributed by atoms with Crippen molar-refractivity contribution in [3.63, 3.8) is 0 Å². The van der Waals surface area contributed by atoms with Crippen LogP contribution >= 0.6 is 0 Å². The third-order valence-electron chi connectivity index (χ3n) is 25.9. The second-order valence-corrected chi connectivity index (χ2v) is 32.5. The largest absolute Gasteiger partial charge is 0.309 e. The molecule has 2 atom stereocenters. The molecule has 4 aliphatic carbocycles. The molecule has 4 aliphatic rings. The van der Waals surface area contributed by atoms with Gasteiger partial charge in [0, 0.05) is 60.7 Å². The van der Waals surface area contributed by atoms with Gasteiger partial charge < -0.3 is 4.57 Å². The molecule has 23 rings (SSSR count). The Bertz CT molecular complexity index is 7080. The number of nitrogens with zero attached hydrogens (tertiary/aromatic N) is 7. The molecule has 3 heterocycles. The number of para-hydroxylation sites is 2. The lowest BCUT2D eigenvalue weighted by Gasteiger charge is -2.48. The van der Waals surface area contributed by atoms with Gasteiger partial charge in [-0.05, 0) is 184 Å². The first-order valence-corrected chi connectivity index (χ1v) is 40.5. The molecule has 2 spiro atoms. The van der Waals surface area contributed by atoms with E-state index in [1.165, 1.54) is 105 Å². The highest BCUT2D eigenvalue weighted by molar-refractivity contribution is 6.09. The van der Waals surface area contributed by atoms with Crippen molar-refractivity contribution in [3.8, 4) is 119 Å². The van der Waals surface area contributed by atoms with Gasteiger partial charge in [-0.3, -0.25) is 0 Å². The van der Waals surface area contributed by atoms with Crippen molar-refractivity contribution >= 4 is 21.8 Å². The maximum atomic E-state index is 5.60. The van der Waals surface area contributed by atoms with Crippen molar-refractivity contribution in [1.29, 1.82) is 0 Å². The molecule has 0 saturated carbocycles. The molecule has 16 aromatic carbocycles. The van der Waals surface area contributed by atoms with Gasteiger partial charge in [-0.15, -0.1) is 0 Å². The molecule has 0 aliphatic heterocycles. The summed E-state index contributed by atoms with van der Waals surface area (Å²) in [7, 11) is 0. The zero-order chi connectivity index (χ0) is 77.7. The summed E-state index contributed by atoms with van der Waals surface area (Å²) in [5, 5.41) is 2.45. The number of hydrogen-bond donors (Lipinski definition) is 0. The lowest BCUT2D eigenvalue weighted by atomic mass is 9.53. The fraction of sp³-hybridized carbons (Fsp3) is 0.0727. The summed E-state index contributed by atoms with van der Waals surface area (Å²) in [5.74, 6) is 3.64. The predicted octanol–water partition coefficient (Wildman–Crippen LogP) is 25.7. The molecule has 0 N–H and O–H groups in total. The summed E-state index contributed by atoms with van der Waals surface area (Å²) in [6.45, 7) is 7.32. The van der Waals surface area contributed by atoms with Crippen molar-refractivity contribution in [1.82, 2.24) is 34.5 Å². The Hall–Kier alpha value is -14.7. The van der Waals surface area contributed by atoms with Crippen molar-refractivity contribution < 1.29 is 0 Å². The standard InChI is InChI=1S/C110H75N7/c1-107(2)89-49-21-23-51-92(89)110(94-63-59-77(66-96(94)107)105-112-101(71-34-11-6-12-35-71)111-102(113-105)72-56-60-80(61-57-72)117-98-54-25-16-43-83(98)84-44-17-26-55-99(84)117)88-48-20-15-45-85(88)100-79(40-29-53-95(100)110)68-108(3)90-50-22-24-52-93(90)109(86-46-18-13-41-81(86)82-42-14-19-47-87(82)109)97-67-78(58-62-91(97)108)106-115-103(75-38-27-36-73(64-75)69-30-7-4-8-31-69)114-104(116-106)76-39-28-37-74(65-76)70-32-9-5-10-33-70/h4-67H,68H2,1-3H3. The molecular formula is C110H75N7. The van der Waals surface area contributed by atoms with Gasteiger partial charge in [0.05, 0.1) is 21.9 Å². The fourth-order valence-corrected chi connectivity index (χ4v) is 20.8. The summed E-state index contributed by atoms with van der Waals surface area (Å²) in [4.78, 5) is 32.8. The van der Waals surface area contributed by atoms with Crippen LogP contribution < -0.4 is 0 Å². The van der Waals surface area contributed by atoms with Crippen molar-refractivity contribution in [2.75, 3.05) is 0 Å². The molecule has 550 valence electrons. The normalized spacial score (nSPS) is 15.9. The molecule has 19 aromatic rings. The topological polar surface area (TPSA) is 82.3 Å². The molecule has 0 bridgehead atoms. The average Bonchev–Trinajstić information content (AvgIpc) is 1.57. The van der Waals surface area contributed by atoms with Gasteiger partial charge in [0.15, 0.2) is 34.9 Å². The van der Waals surface area contributed by atoms with Crippen LogP contribution in [0.2, 0.25) is 0 Å². The maximum absolute atomic E-state index is 5.60. The van der Waals surface area contributed by atoms with Gasteiger partial charge in [0.2, 0.25) is 0 Å². The zero-order valence-electron chi connectivity index (χ0n) is 64.8. The van der Waals surface area contributed by atoms with Crippen LogP contribution in [0, 0.1) is 0 Å². The summed E-state index contributed by atoms with van der Waals surface area (Å²) >= 11 is 0. The number of benzene rings is 16. The molecule has 3 aromatic heterocycles. The van der Waals surface area contributed by atoms with E-state index in [9.17, 15) is 0 Å². The van der Waals surface area contributed by atoms with E-state index in [1.807, 2.05) is 6.07 Å². The Labute approximate surface area is 679 Å². The smallest absolute Gasteiger partial charge is 0.164 e. The Morgan fingerprint density at radius 2 is 0.556 bits per heavy atom. The summed E-state index contributed by atoms with van der Waals surface area (Å²) in [5.41, 5.74) is 32.2. The molecule has 0 amide bonds. The van der Waals surface area contributed by atoms with Crippen LogP contribution in [0.5, 0.6) is 0 Å². The van der Waals surface area contributed by atoms with Crippen LogP contribution in [0.1, 0.15) is 93.1 Å². The van der Waals surface area contributed by atoms with Crippen molar-refractivity contribution in [2.24, 2.45) is 0 Å². The minimum absolute atomic E-state index is 0.454. The highest BCUT2D eigenvalue weighted by Crippen LogP contribution is 2.66. The molecular weight excluding hydrogens is 1420 g/mol. The first kappa shape index (κ1) is 68.0. The van der Waals surface area contributed by atoms with Gasteiger partial charge in [-0.25, -0.2) is 29.9 Å². The zero-order valence-corrected chi connectivity index (χ0v) is 64.8. The highest BCUT2D eigenvalue weighted by atomic mass is 15.0. The lowest BCUT2D eigenvalue weighted by molar-refractivity contribution is 0.514. The van der Waals surface area contributed by atoms with Crippen molar-refractivity contribution in [3.05, 3.63) is 461 Å². The molecule has 7 heteroatoms. The molecule has 0 fully saturated rings. The van der Waals surface area contributed by atoms with E-state index in [0.29, 0.717) is 41.4 Å². The van der Waals surface area contributed by atoms with Crippen LogP contribution in [0.4, 0.5) is 0 Å². The number of aromatic nitrogens is 7. The number of fused-ring (bicyclic) bond motifs is 21. The first-order chi connectivity index (χ1) is 57.6. The van der Waals surface area contributed by atoms with Gasteiger partial charge in [-0.1, -0.05) is 348 Å². The second kappa shape index (κ2) is 26.2. The summed E-state index contributed by atoms with van der Waals surface area (Å²) in [6, 6.07) is 142. The van der Waals surface area contributed by atoms with Gasteiger partial charge in [0.1, 0.15) is 0 Å². The second-order valence-electron chi connectivity index (χ2n) is 32.5. The predicted molar refractivity (Wildman–Crippen MR) is 474 cm³/mol. The van der Waals surface area contributed by atoms with Crippen LogP contribution in [0.3, 0.4) is 0 Å². The monoisotopic (exact) mass is 1490 g/mol. The van der Waals surface area contributed by atoms with E-state index in [2.05, 4.69) is 408 Å². The summed E-state index contributed by atoms with van der Waals surface area (Å²) in [6.07, 6.45) is 0.687. The SMILES string of the molecule is CC1(C)c2ccccc2C2(c3ccccc3-c3c(CC4(C)c5ccccc5C5(c6ccccc6-c6ccccc65)c5cc(-c6nc(-c7cccc(-c8ccccc8)c7)nc(-c7cccc(-c8ccccc8)c7)n6)ccc54)cccc32)c2ccc(-c3nc(-c4ccccc4)nc(-c4ccc(-n5c6ccccc6c6ccccc65)cc4)n3)cc21. The quantitative estimate of drug-likeness (QED) is 0.128. The van der Waals surface area contributed by atoms with E-state index >= 15 is 0 Å². The van der Waals surface area contributed by atoms with Gasteiger partial charge in [0.25, 0.3) is 0 Å². The first-order valence-electron chi connectivity index (χ1n) is 40.5. The Balaban J connectivity index is 0.696. The van der Waals surface area contributed by atoms with E-state index in [1.54, 1.807) is 0 Å². The Morgan fingerprint density at radius 1 is 0.222 bits per heavy atom. The number of hydrogen-bond acceptors (Lipinski definition) is 6. The summed E-state index contributed by atoms with van der Waals surface area (Å²) < 4.78 is 2.35. The van der Waals surface area contributed by atoms with Gasteiger partial charge >= 0.3 is 0 Å². The third-order valence-corrected chi connectivity index (χ3v) is 25.9. The average molecular weight is 1490 g/mol. The minimum atomic E-state index is -0.732. The van der Waals surface area contributed by atoms with E-state index in [-0.39, 0.29) is 0 Å². The fourth-order valence-electron chi connectivity index (χ4n) is 20.8. The van der Waals surface area contributed by atoms with Crippen LogP contribution in [0.15, 0.2) is 388 Å². The lowest BCUT2D eigenvalue weighted by Crippen LogP contribution is -2.43. The van der Waals surface area contributed by atoms with E-state index < -0.39 is 21.7 Å². The molecule has 7 nitrogen and oxygen atoms in total. The minimum Gasteiger partial charge on any atom is -0.309 e. The molecule has 0 radical (unpaired) electrons. The van der Waals surface area contributed by atoms with E-state index in [4.69, 9.17) is 29.9 Å². The maximum Gasteiger partial charge on any atom is 0.164 e. The Kier molecular flexibility index (Phi) is 15.2. The van der Waals surface area contributed by atoms with Crippen molar-refractivity contribution in [2.45, 2.75) is 48.9 Å². The van der Waals surface area contributed by atoms with Crippen LogP contribution in [-0.4, -0.2) is 34.5 Å². The number of rotatable bonds is 11. The van der Waals surface area contributed by atoms with Gasteiger partial charge in [-0.2, -0.15) is 0 Å². The van der Waals surface area contributed by atoms with E-state index in [0.717, 1.165) is 72.4 Å². The van der Waals surface area contributed by atoms with Crippen LogP contribution in [0.25, 0.3) is 140 Å². The molecule has 117 heavy (non-hydrogen) atoms. The molecule has 2 unspecified atom stereocenters. The molecule has 0 saturated heterocycles. The third kappa shape index (κ3) is 10.2.